The first kappa shape index (κ1) is 17.7. The van der Waals surface area contributed by atoms with Gasteiger partial charge in [-0.2, -0.15) is 5.10 Å². The van der Waals surface area contributed by atoms with Crippen molar-refractivity contribution in [3.8, 4) is 11.1 Å². The highest BCUT2D eigenvalue weighted by molar-refractivity contribution is 5.99. The number of halogens is 1. The fraction of sp³-hybridized carbons (Fsp3) is 0.208. The van der Waals surface area contributed by atoms with Gasteiger partial charge in [0.25, 0.3) is 0 Å². The number of carbonyl (C=O) groups is 1. The van der Waals surface area contributed by atoms with Crippen LogP contribution in [0.5, 0.6) is 0 Å². The zero-order valence-electron chi connectivity index (χ0n) is 16.1. The van der Waals surface area contributed by atoms with Crippen molar-refractivity contribution in [2.24, 2.45) is 0 Å². The minimum atomic E-state index is -0.269. The predicted octanol–water partition coefficient (Wildman–Crippen LogP) is 5.01. The van der Waals surface area contributed by atoms with E-state index in [1.165, 1.54) is 12.1 Å². The summed E-state index contributed by atoms with van der Waals surface area (Å²) in [4.78, 5) is 17.8. The molecular formula is C24H20FN3O. The third-order valence-corrected chi connectivity index (χ3v) is 5.67. The van der Waals surface area contributed by atoms with E-state index < -0.39 is 0 Å². The van der Waals surface area contributed by atoms with E-state index in [2.05, 4.69) is 19.1 Å². The van der Waals surface area contributed by atoms with Crippen molar-refractivity contribution in [1.29, 1.82) is 0 Å². The SMILES string of the molecule is CCc1nn2cc3c(nc2c1-c1ccccc1)CC(c1ccc(F)cc1)CC3=O. The maximum Gasteiger partial charge on any atom is 0.166 e. The highest BCUT2D eigenvalue weighted by Crippen LogP contribution is 2.34. The summed E-state index contributed by atoms with van der Waals surface area (Å²) in [6.45, 7) is 2.07. The highest BCUT2D eigenvalue weighted by atomic mass is 19.1. The molecule has 0 spiro atoms. The Bertz CT molecular complexity index is 1210. The quantitative estimate of drug-likeness (QED) is 0.498. The zero-order valence-corrected chi connectivity index (χ0v) is 16.1. The Morgan fingerprint density at radius 3 is 2.55 bits per heavy atom. The van der Waals surface area contributed by atoms with E-state index in [1.807, 2.05) is 24.4 Å². The number of fused-ring (bicyclic) bond motifs is 2. The molecule has 4 aromatic rings. The number of nitrogens with zero attached hydrogens (tertiary/aromatic N) is 3. The van der Waals surface area contributed by atoms with Crippen molar-refractivity contribution >= 4 is 11.4 Å². The molecule has 5 heteroatoms. The van der Waals surface area contributed by atoms with Gasteiger partial charge in [0.2, 0.25) is 0 Å². The van der Waals surface area contributed by atoms with Crippen molar-refractivity contribution in [3.05, 3.63) is 89.1 Å². The average Bonchev–Trinajstić information content (AvgIpc) is 3.11. The summed E-state index contributed by atoms with van der Waals surface area (Å²) in [6, 6.07) is 16.5. The fourth-order valence-electron chi connectivity index (χ4n) is 4.20. The van der Waals surface area contributed by atoms with Gasteiger partial charge in [-0.3, -0.25) is 4.79 Å². The number of rotatable bonds is 3. The van der Waals surface area contributed by atoms with Crippen LogP contribution in [0, 0.1) is 5.82 Å². The molecule has 0 N–H and O–H groups in total. The fourth-order valence-corrected chi connectivity index (χ4v) is 4.20. The van der Waals surface area contributed by atoms with Crippen molar-refractivity contribution < 1.29 is 9.18 Å². The van der Waals surface area contributed by atoms with Crippen LogP contribution in [0.25, 0.3) is 16.8 Å². The van der Waals surface area contributed by atoms with E-state index in [-0.39, 0.29) is 17.5 Å². The lowest BCUT2D eigenvalue weighted by Gasteiger charge is -2.23. The van der Waals surface area contributed by atoms with Gasteiger partial charge in [0.15, 0.2) is 11.4 Å². The van der Waals surface area contributed by atoms with Crippen LogP contribution in [-0.4, -0.2) is 20.4 Å². The molecule has 1 atom stereocenters. The number of ketones is 1. The predicted molar refractivity (Wildman–Crippen MR) is 110 cm³/mol. The van der Waals surface area contributed by atoms with Crippen molar-refractivity contribution in [3.63, 3.8) is 0 Å². The molecule has 0 amide bonds. The lowest BCUT2D eigenvalue weighted by molar-refractivity contribution is 0.0962. The molecule has 0 bridgehead atoms. The van der Waals surface area contributed by atoms with E-state index in [1.54, 1.807) is 16.6 Å². The first-order valence-electron chi connectivity index (χ1n) is 9.89. The van der Waals surface area contributed by atoms with Gasteiger partial charge in [-0.05, 0) is 42.0 Å². The number of carbonyl (C=O) groups excluding carboxylic acids is 1. The molecule has 0 aliphatic heterocycles. The van der Waals surface area contributed by atoms with E-state index in [0.29, 0.717) is 18.4 Å². The molecule has 2 heterocycles. The van der Waals surface area contributed by atoms with Crippen LogP contribution in [0.3, 0.4) is 0 Å². The van der Waals surface area contributed by atoms with Crippen LogP contribution in [-0.2, 0) is 12.8 Å². The van der Waals surface area contributed by atoms with Gasteiger partial charge in [0.05, 0.1) is 17.0 Å². The molecule has 0 saturated carbocycles. The summed E-state index contributed by atoms with van der Waals surface area (Å²) < 4.78 is 15.0. The summed E-state index contributed by atoms with van der Waals surface area (Å²) in [5.74, 6) is -0.195. The van der Waals surface area contributed by atoms with Crippen molar-refractivity contribution in [2.75, 3.05) is 0 Å². The van der Waals surface area contributed by atoms with Gasteiger partial charge in [-0.15, -0.1) is 0 Å². The summed E-state index contributed by atoms with van der Waals surface area (Å²) in [7, 11) is 0. The molecule has 144 valence electrons. The number of aryl methyl sites for hydroxylation is 1. The van der Waals surface area contributed by atoms with E-state index in [4.69, 9.17) is 10.1 Å². The molecule has 4 nitrogen and oxygen atoms in total. The van der Waals surface area contributed by atoms with E-state index in [0.717, 1.165) is 40.1 Å². The molecule has 1 unspecified atom stereocenters. The maximum atomic E-state index is 13.3. The van der Waals surface area contributed by atoms with Crippen LogP contribution in [0.15, 0.2) is 60.8 Å². The average molecular weight is 385 g/mol. The number of Topliss-reactive ketones (excluding diaryl/α,β-unsaturated/α-hetero) is 1. The van der Waals surface area contributed by atoms with Crippen LogP contribution in [0.1, 0.15) is 46.6 Å². The highest BCUT2D eigenvalue weighted by Gasteiger charge is 2.29. The second-order valence-corrected chi connectivity index (χ2v) is 7.49. The molecule has 2 aromatic heterocycles. The molecule has 1 aliphatic carbocycles. The van der Waals surface area contributed by atoms with Gasteiger partial charge < -0.3 is 0 Å². The molecule has 0 fully saturated rings. The molecule has 0 radical (unpaired) electrons. The van der Waals surface area contributed by atoms with Gasteiger partial charge in [-0.1, -0.05) is 49.4 Å². The van der Waals surface area contributed by atoms with Gasteiger partial charge in [0.1, 0.15) is 5.82 Å². The number of hydrogen-bond acceptors (Lipinski definition) is 3. The second kappa shape index (κ2) is 6.92. The third-order valence-electron chi connectivity index (χ3n) is 5.67. The van der Waals surface area contributed by atoms with Crippen LogP contribution < -0.4 is 0 Å². The van der Waals surface area contributed by atoms with Crippen LogP contribution >= 0.6 is 0 Å². The van der Waals surface area contributed by atoms with Crippen molar-refractivity contribution in [1.82, 2.24) is 14.6 Å². The second-order valence-electron chi connectivity index (χ2n) is 7.49. The molecular weight excluding hydrogens is 365 g/mol. The Labute approximate surface area is 168 Å². The standard InChI is InChI=1S/C24H20FN3O/c1-2-20-23(16-6-4-3-5-7-16)24-26-21-12-17(15-8-10-18(25)11-9-15)13-22(29)19(21)14-28(24)27-20/h3-11,14,17H,2,12-13H2,1H3. The van der Waals surface area contributed by atoms with E-state index in [9.17, 15) is 9.18 Å². The normalized spacial score (nSPS) is 16.2. The lowest BCUT2D eigenvalue weighted by atomic mass is 9.82. The summed E-state index contributed by atoms with van der Waals surface area (Å²) in [6.07, 6.45) is 3.67. The Morgan fingerprint density at radius 1 is 1.07 bits per heavy atom. The molecule has 1 aliphatic rings. The summed E-state index contributed by atoms with van der Waals surface area (Å²) in [5.41, 5.74) is 6.24. The topological polar surface area (TPSA) is 47.3 Å². The summed E-state index contributed by atoms with van der Waals surface area (Å²) >= 11 is 0. The minimum absolute atomic E-state index is 0.0132. The number of benzene rings is 2. The largest absolute Gasteiger partial charge is 0.294 e. The monoisotopic (exact) mass is 385 g/mol. The molecule has 2 aromatic carbocycles. The number of aromatic nitrogens is 3. The summed E-state index contributed by atoms with van der Waals surface area (Å²) in [5, 5.41) is 4.70. The smallest absolute Gasteiger partial charge is 0.166 e. The van der Waals surface area contributed by atoms with Gasteiger partial charge >= 0.3 is 0 Å². The van der Waals surface area contributed by atoms with Crippen LogP contribution in [0.4, 0.5) is 4.39 Å². The third kappa shape index (κ3) is 3.03. The molecule has 5 rings (SSSR count). The van der Waals surface area contributed by atoms with E-state index >= 15 is 0 Å². The first-order chi connectivity index (χ1) is 14.1. The first-order valence-corrected chi connectivity index (χ1v) is 9.89. The van der Waals surface area contributed by atoms with Gasteiger partial charge in [-0.25, -0.2) is 13.9 Å². The zero-order chi connectivity index (χ0) is 20.0. The van der Waals surface area contributed by atoms with Crippen LogP contribution in [0.2, 0.25) is 0 Å². The number of hydrogen-bond donors (Lipinski definition) is 0. The Morgan fingerprint density at radius 2 is 1.83 bits per heavy atom. The molecule has 29 heavy (non-hydrogen) atoms. The Balaban J connectivity index is 1.64. The molecule has 0 saturated heterocycles. The minimum Gasteiger partial charge on any atom is -0.294 e. The maximum absolute atomic E-state index is 13.3. The van der Waals surface area contributed by atoms with Gasteiger partial charge in [0, 0.05) is 18.2 Å². The Kier molecular flexibility index (Phi) is 4.23. The van der Waals surface area contributed by atoms with Crippen molar-refractivity contribution in [2.45, 2.75) is 32.1 Å². The Hall–Kier alpha value is -3.34. The lowest BCUT2D eigenvalue weighted by Crippen LogP contribution is -2.21.